The predicted octanol–water partition coefficient (Wildman–Crippen LogP) is 5.60. The molecule has 0 radical (unpaired) electrons. The molecule has 1 N–H and O–H groups in total. The molecule has 2 aromatic rings. The van der Waals surface area contributed by atoms with E-state index in [1.807, 2.05) is 18.2 Å². The summed E-state index contributed by atoms with van der Waals surface area (Å²) in [5, 5.41) is 11.2. The summed E-state index contributed by atoms with van der Waals surface area (Å²) in [4.78, 5) is 0. The summed E-state index contributed by atoms with van der Waals surface area (Å²) in [6, 6.07) is 10.7. The molecule has 0 heterocycles. The zero-order valence-electron chi connectivity index (χ0n) is 9.00. The number of rotatable bonds is 2. The fourth-order valence-corrected chi connectivity index (χ4v) is 2.51. The lowest BCUT2D eigenvalue weighted by Gasteiger charge is -2.13. The van der Waals surface area contributed by atoms with Crippen molar-refractivity contribution in [3.63, 3.8) is 0 Å². The second-order valence-electron chi connectivity index (χ2n) is 3.75. The Morgan fingerprint density at radius 1 is 0.833 bits per heavy atom. The second-order valence-corrected chi connectivity index (χ2v) is 6.27. The van der Waals surface area contributed by atoms with E-state index in [1.54, 1.807) is 18.2 Å². The maximum atomic E-state index is 10.3. The lowest BCUT2D eigenvalue weighted by Crippen LogP contribution is -1.99. The quantitative estimate of drug-likeness (QED) is 0.683. The zero-order valence-corrected chi connectivity index (χ0v) is 13.7. The van der Waals surface area contributed by atoms with Crippen molar-refractivity contribution in [3.05, 3.63) is 66.5 Å². The third kappa shape index (κ3) is 3.09. The van der Waals surface area contributed by atoms with E-state index in [1.165, 1.54) is 0 Å². The molecule has 18 heavy (non-hydrogen) atoms. The minimum absolute atomic E-state index is 0.435. The molecule has 0 amide bonds. The van der Waals surface area contributed by atoms with Gasteiger partial charge in [0, 0.05) is 8.95 Å². The summed E-state index contributed by atoms with van der Waals surface area (Å²) in [5.41, 5.74) is 1.49. The van der Waals surface area contributed by atoms with Crippen molar-refractivity contribution in [2.24, 2.45) is 0 Å². The van der Waals surface area contributed by atoms with Crippen molar-refractivity contribution in [1.29, 1.82) is 0 Å². The van der Waals surface area contributed by atoms with Crippen LogP contribution in [0.5, 0.6) is 0 Å². The van der Waals surface area contributed by atoms with E-state index in [0.717, 1.165) is 14.5 Å². The SMILES string of the molecule is OC(c1ccc(Cl)c(Cl)c1)c1ccc(Br)c(Br)c1. The lowest BCUT2D eigenvalue weighted by atomic mass is 10.0. The molecule has 0 aliphatic carbocycles. The summed E-state index contributed by atoms with van der Waals surface area (Å²) in [6.45, 7) is 0. The molecule has 0 bridgehead atoms. The molecule has 0 spiro atoms. The predicted molar refractivity (Wildman–Crippen MR) is 82.4 cm³/mol. The van der Waals surface area contributed by atoms with Crippen LogP contribution in [-0.2, 0) is 0 Å². The van der Waals surface area contributed by atoms with Gasteiger partial charge < -0.3 is 5.11 Å². The van der Waals surface area contributed by atoms with Crippen LogP contribution in [0.15, 0.2) is 45.3 Å². The third-order valence-corrected chi connectivity index (χ3v) is 5.14. The summed E-state index contributed by atoms with van der Waals surface area (Å²) in [6.07, 6.45) is -0.732. The Labute approximate surface area is 132 Å². The average molecular weight is 411 g/mol. The molecule has 1 atom stereocenters. The van der Waals surface area contributed by atoms with E-state index in [0.29, 0.717) is 15.6 Å². The lowest BCUT2D eigenvalue weighted by molar-refractivity contribution is 0.220. The van der Waals surface area contributed by atoms with Gasteiger partial charge in [0.1, 0.15) is 6.10 Å². The molecule has 0 saturated heterocycles. The van der Waals surface area contributed by atoms with Gasteiger partial charge in [-0.15, -0.1) is 0 Å². The first kappa shape index (κ1) is 14.4. The summed E-state index contributed by atoms with van der Waals surface area (Å²) in [5.74, 6) is 0. The highest BCUT2D eigenvalue weighted by molar-refractivity contribution is 9.13. The number of aliphatic hydroxyl groups excluding tert-OH is 1. The molecule has 1 unspecified atom stereocenters. The molecule has 2 aromatic carbocycles. The van der Waals surface area contributed by atoms with E-state index < -0.39 is 6.10 Å². The maximum absolute atomic E-state index is 10.3. The third-order valence-electron chi connectivity index (χ3n) is 2.52. The largest absolute Gasteiger partial charge is 0.384 e. The van der Waals surface area contributed by atoms with Crippen LogP contribution in [0, 0.1) is 0 Å². The van der Waals surface area contributed by atoms with Crippen molar-refractivity contribution in [3.8, 4) is 0 Å². The Balaban J connectivity index is 2.37. The fourth-order valence-electron chi connectivity index (χ4n) is 1.56. The highest BCUT2D eigenvalue weighted by Crippen LogP contribution is 2.31. The fraction of sp³-hybridized carbons (Fsp3) is 0.0769. The molecule has 0 fully saturated rings. The van der Waals surface area contributed by atoms with Gasteiger partial charge in [-0.2, -0.15) is 0 Å². The van der Waals surface area contributed by atoms with Gasteiger partial charge >= 0.3 is 0 Å². The van der Waals surface area contributed by atoms with E-state index in [4.69, 9.17) is 23.2 Å². The normalized spacial score (nSPS) is 12.5. The number of aliphatic hydroxyl groups is 1. The van der Waals surface area contributed by atoms with Crippen LogP contribution < -0.4 is 0 Å². The van der Waals surface area contributed by atoms with Gasteiger partial charge in [-0.3, -0.25) is 0 Å². The topological polar surface area (TPSA) is 20.2 Å². The van der Waals surface area contributed by atoms with Crippen LogP contribution in [0.3, 0.4) is 0 Å². The summed E-state index contributed by atoms with van der Waals surface area (Å²) in [7, 11) is 0. The van der Waals surface area contributed by atoms with Gasteiger partial charge in [0.2, 0.25) is 0 Å². The highest BCUT2D eigenvalue weighted by atomic mass is 79.9. The second kappa shape index (κ2) is 5.93. The van der Waals surface area contributed by atoms with Crippen LogP contribution in [0.4, 0.5) is 0 Å². The number of benzene rings is 2. The van der Waals surface area contributed by atoms with Crippen LogP contribution in [0.25, 0.3) is 0 Å². The molecule has 94 valence electrons. The minimum atomic E-state index is -0.732. The first-order valence-corrected chi connectivity index (χ1v) is 7.41. The molecule has 5 heteroatoms. The van der Waals surface area contributed by atoms with Crippen molar-refractivity contribution < 1.29 is 5.11 Å². The van der Waals surface area contributed by atoms with E-state index in [-0.39, 0.29) is 0 Å². The van der Waals surface area contributed by atoms with E-state index in [2.05, 4.69) is 31.9 Å². The van der Waals surface area contributed by atoms with Gasteiger partial charge in [0.15, 0.2) is 0 Å². The standard InChI is InChI=1S/C13H8Br2Cl2O/c14-9-3-1-7(5-10(9)15)13(18)8-2-4-11(16)12(17)6-8/h1-6,13,18H. The van der Waals surface area contributed by atoms with Gasteiger partial charge in [0.25, 0.3) is 0 Å². The maximum Gasteiger partial charge on any atom is 0.104 e. The van der Waals surface area contributed by atoms with Crippen molar-refractivity contribution in [2.75, 3.05) is 0 Å². The Kier molecular flexibility index (Phi) is 4.73. The molecular formula is C13H8Br2Cl2O. The average Bonchev–Trinajstić information content (AvgIpc) is 2.35. The highest BCUT2D eigenvalue weighted by Gasteiger charge is 2.13. The van der Waals surface area contributed by atoms with Crippen LogP contribution >= 0.6 is 55.1 Å². The minimum Gasteiger partial charge on any atom is -0.384 e. The monoisotopic (exact) mass is 408 g/mol. The molecule has 2 rings (SSSR count). The first-order chi connectivity index (χ1) is 8.49. The van der Waals surface area contributed by atoms with E-state index >= 15 is 0 Å². The number of hydrogen-bond donors (Lipinski definition) is 1. The van der Waals surface area contributed by atoms with Crippen molar-refractivity contribution in [1.82, 2.24) is 0 Å². The Hall–Kier alpha value is -0.0600. The molecule has 0 aliphatic heterocycles. The van der Waals surface area contributed by atoms with Crippen molar-refractivity contribution >= 4 is 55.1 Å². The van der Waals surface area contributed by atoms with Crippen LogP contribution in [0.2, 0.25) is 10.0 Å². The Morgan fingerprint density at radius 3 is 2.06 bits per heavy atom. The molecule has 1 nitrogen and oxygen atoms in total. The molecule has 0 aliphatic rings. The smallest absolute Gasteiger partial charge is 0.104 e. The van der Waals surface area contributed by atoms with Crippen LogP contribution in [0.1, 0.15) is 17.2 Å². The molecule has 0 saturated carbocycles. The van der Waals surface area contributed by atoms with Gasteiger partial charge in [-0.1, -0.05) is 35.3 Å². The number of halogens is 4. The number of hydrogen-bond acceptors (Lipinski definition) is 1. The van der Waals surface area contributed by atoms with Gasteiger partial charge in [-0.05, 0) is 67.3 Å². The Morgan fingerprint density at radius 2 is 1.44 bits per heavy atom. The van der Waals surface area contributed by atoms with Gasteiger partial charge in [0.05, 0.1) is 10.0 Å². The van der Waals surface area contributed by atoms with Gasteiger partial charge in [-0.25, -0.2) is 0 Å². The van der Waals surface area contributed by atoms with E-state index in [9.17, 15) is 5.11 Å². The summed E-state index contributed by atoms with van der Waals surface area (Å²) >= 11 is 18.6. The summed E-state index contributed by atoms with van der Waals surface area (Å²) < 4.78 is 1.83. The first-order valence-electron chi connectivity index (χ1n) is 5.07. The Bertz CT molecular complexity index is 536. The van der Waals surface area contributed by atoms with Crippen molar-refractivity contribution in [2.45, 2.75) is 6.10 Å². The molecular weight excluding hydrogens is 403 g/mol. The zero-order chi connectivity index (χ0) is 13.3. The molecule has 0 aromatic heterocycles. The van der Waals surface area contributed by atoms with Crippen LogP contribution in [-0.4, -0.2) is 5.11 Å².